The summed E-state index contributed by atoms with van der Waals surface area (Å²) in [6.07, 6.45) is 4.99. The van der Waals surface area contributed by atoms with Crippen LogP contribution in [0.5, 0.6) is 0 Å². The van der Waals surface area contributed by atoms with Crippen molar-refractivity contribution < 1.29 is 32.4 Å². The Labute approximate surface area is 328 Å². The van der Waals surface area contributed by atoms with Crippen LogP contribution in [0.3, 0.4) is 0 Å². The molecule has 0 bridgehead atoms. The molecule has 2 N–H and O–H groups in total. The quantitative estimate of drug-likeness (QED) is 0.227. The number of aromatic nitrogens is 2. The van der Waals surface area contributed by atoms with Crippen LogP contribution in [0.1, 0.15) is 52.5 Å². The molecule has 3 saturated heterocycles. The van der Waals surface area contributed by atoms with E-state index in [1.807, 2.05) is 30.5 Å². The summed E-state index contributed by atoms with van der Waals surface area (Å²) >= 11 is 6.86. The van der Waals surface area contributed by atoms with Gasteiger partial charge in [-0.3, -0.25) is 39.1 Å². The van der Waals surface area contributed by atoms with E-state index in [9.17, 15) is 32.4 Å². The van der Waals surface area contributed by atoms with Gasteiger partial charge in [-0.2, -0.15) is 4.31 Å². The fraction of sp³-hybridized carbons (Fsp3) is 0.385. The zero-order valence-corrected chi connectivity index (χ0v) is 32.4. The number of imide groups is 2. The molecule has 15 nitrogen and oxygen atoms in total. The van der Waals surface area contributed by atoms with Crippen molar-refractivity contribution in [1.82, 2.24) is 29.4 Å². The van der Waals surface area contributed by atoms with Gasteiger partial charge in [-0.05, 0) is 67.3 Å². The van der Waals surface area contributed by atoms with Crippen molar-refractivity contribution in [3.63, 3.8) is 0 Å². The van der Waals surface area contributed by atoms with Crippen LogP contribution in [-0.4, -0.2) is 126 Å². The van der Waals surface area contributed by atoms with Crippen LogP contribution in [0, 0.1) is 0 Å². The molecule has 3 fully saturated rings. The predicted octanol–water partition coefficient (Wildman–Crippen LogP) is 3.04. The van der Waals surface area contributed by atoms with Crippen molar-refractivity contribution in [2.24, 2.45) is 0 Å². The standard InChI is InChI=1S/C39H41ClN8O7S/c1-2-24-21-41-36-34(24)35(40)30(22-42-36)25-5-3-6-27(19-25)47-17-16-46(23-33(47)50)56(54,55)18-4-11-44-12-14-45(15-13-44)26-7-8-28-29(20-26)39(53)48(38(28)52)31-9-10-32(49)43-37(31)51/h3,5-8,19-22,31H,2,4,9-18,23H2,1H3,(H,41,42)(H,43,49,51). The normalized spacial score (nSPS) is 20.0. The molecule has 17 heteroatoms. The highest BCUT2D eigenvalue weighted by Crippen LogP contribution is 2.37. The Morgan fingerprint density at radius 1 is 0.893 bits per heavy atom. The number of pyridine rings is 1. The third-order valence-electron chi connectivity index (χ3n) is 11.2. The molecule has 56 heavy (non-hydrogen) atoms. The maximum Gasteiger partial charge on any atom is 0.262 e. The molecule has 0 aliphatic carbocycles. The lowest BCUT2D eigenvalue weighted by Crippen LogP contribution is -2.54. The number of halogens is 1. The smallest absolute Gasteiger partial charge is 0.262 e. The van der Waals surface area contributed by atoms with Crippen molar-refractivity contribution in [2.45, 2.75) is 38.6 Å². The summed E-state index contributed by atoms with van der Waals surface area (Å²) in [4.78, 5) is 78.3. The Morgan fingerprint density at radius 3 is 2.43 bits per heavy atom. The maximum absolute atomic E-state index is 13.4. The molecule has 2 aromatic heterocycles. The van der Waals surface area contributed by atoms with Gasteiger partial charge < -0.3 is 14.8 Å². The second kappa shape index (κ2) is 15.1. The summed E-state index contributed by atoms with van der Waals surface area (Å²) < 4.78 is 28.0. The van der Waals surface area contributed by atoms with Crippen molar-refractivity contribution in [3.8, 4) is 11.1 Å². The van der Waals surface area contributed by atoms with Crippen LogP contribution in [0.4, 0.5) is 11.4 Å². The van der Waals surface area contributed by atoms with E-state index in [1.54, 1.807) is 29.3 Å². The Bertz CT molecular complexity index is 2390. The van der Waals surface area contributed by atoms with Gasteiger partial charge >= 0.3 is 0 Å². The Morgan fingerprint density at radius 2 is 1.68 bits per heavy atom. The maximum atomic E-state index is 13.4. The predicted molar refractivity (Wildman–Crippen MR) is 210 cm³/mol. The number of piperazine rings is 2. The van der Waals surface area contributed by atoms with Crippen LogP contribution in [-0.2, 0) is 30.8 Å². The Kier molecular flexibility index (Phi) is 10.2. The largest absolute Gasteiger partial charge is 0.369 e. The SMILES string of the molecule is CCc1c[nH]c2ncc(-c3cccc(N4CCN(S(=O)(=O)CCCN5CCN(c6ccc7c(c6)C(=O)N(C6CCC(=O)NC6=O)C7=O)CC5)CC4=O)c3)c(Cl)c12. The highest BCUT2D eigenvalue weighted by molar-refractivity contribution is 7.89. The van der Waals surface area contributed by atoms with Crippen molar-refractivity contribution in [3.05, 3.63) is 76.6 Å². The monoisotopic (exact) mass is 800 g/mol. The van der Waals surface area contributed by atoms with Gasteiger partial charge in [0.05, 0.1) is 28.4 Å². The number of piperidine rings is 1. The van der Waals surface area contributed by atoms with Crippen molar-refractivity contribution in [2.75, 3.05) is 67.9 Å². The van der Waals surface area contributed by atoms with E-state index in [2.05, 4.69) is 32.0 Å². The second-order valence-electron chi connectivity index (χ2n) is 14.5. The number of sulfonamides is 1. The number of benzene rings is 2. The summed E-state index contributed by atoms with van der Waals surface area (Å²) in [7, 11) is -3.67. The van der Waals surface area contributed by atoms with Gasteiger partial charge in [0.2, 0.25) is 27.7 Å². The first-order valence-corrected chi connectivity index (χ1v) is 20.8. The number of carbonyl (C=O) groups excluding carboxylic acids is 5. The number of nitrogens with zero attached hydrogens (tertiary/aromatic N) is 6. The number of nitrogens with one attached hydrogen (secondary N) is 2. The Hall–Kier alpha value is -5.16. The molecule has 2 aromatic carbocycles. The van der Waals surface area contributed by atoms with Gasteiger partial charge in [-0.25, -0.2) is 13.4 Å². The number of hydrogen-bond donors (Lipinski definition) is 2. The molecule has 1 atom stereocenters. The molecule has 0 radical (unpaired) electrons. The summed E-state index contributed by atoms with van der Waals surface area (Å²) in [5.41, 5.74) is 5.26. The summed E-state index contributed by atoms with van der Waals surface area (Å²) in [6, 6.07) is 11.5. The first kappa shape index (κ1) is 37.7. The van der Waals surface area contributed by atoms with Gasteiger partial charge in [0, 0.05) is 80.4 Å². The average Bonchev–Trinajstić information content (AvgIpc) is 3.73. The van der Waals surface area contributed by atoms with E-state index in [-0.39, 0.29) is 55.3 Å². The van der Waals surface area contributed by atoms with Crippen molar-refractivity contribution >= 4 is 73.6 Å². The summed E-state index contributed by atoms with van der Waals surface area (Å²) in [5.74, 6) is -2.54. The van der Waals surface area contributed by atoms with Gasteiger partial charge in [0.25, 0.3) is 11.8 Å². The highest BCUT2D eigenvalue weighted by Gasteiger charge is 2.45. The number of amides is 5. The van der Waals surface area contributed by atoms with Gasteiger partial charge in [0.1, 0.15) is 11.7 Å². The summed E-state index contributed by atoms with van der Waals surface area (Å²) in [5, 5.41) is 3.68. The lowest BCUT2D eigenvalue weighted by molar-refractivity contribution is -0.136. The minimum atomic E-state index is -3.67. The van der Waals surface area contributed by atoms with E-state index in [0.717, 1.165) is 44.7 Å². The van der Waals surface area contributed by atoms with Crippen LogP contribution in [0.15, 0.2) is 54.9 Å². The molecule has 4 aromatic rings. The molecule has 0 spiro atoms. The Balaban J connectivity index is 0.826. The number of rotatable bonds is 10. The van der Waals surface area contributed by atoms with E-state index in [1.165, 1.54) is 4.31 Å². The average molecular weight is 801 g/mol. The van der Waals surface area contributed by atoms with Gasteiger partial charge in [-0.15, -0.1) is 0 Å². The molecular formula is C39H41ClN8O7S. The molecule has 0 saturated carbocycles. The van der Waals surface area contributed by atoms with E-state index in [4.69, 9.17) is 11.6 Å². The lowest BCUT2D eigenvalue weighted by Gasteiger charge is -2.36. The number of hydrogen-bond acceptors (Lipinski definition) is 10. The minimum absolute atomic E-state index is 0.0561. The number of aromatic amines is 1. The van der Waals surface area contributed by atoms with Gasteiger partial charge in [-0.1, -0.05) is 30.7 Å². The van der Waals surface area contributed by atoms with Crippen LogP contribution in [0.2, 0.25) is 5.02 Å². The van der Waals surface area contributed by atoms with E-state index < -0.39 is 39.7 Å². The third kappa shape index (κ3) is 6.95. The van der Waals surface area contributed by atoms with Crippen LogP contribution in [0.25, 0.3) is 22.2 Å². The molecule has 1 unspecified atom stereocenters. The molecular weight excluding hydrogens is 760 g/mol. The number of carbonyl (C=O) groups is 5. The molecule has 6 heterocycles. The summed E-state index contributed by atoms with van der Waals surface area (Å²) in [6.45, 7) is 5.40. The van der Waals surface area contributed by atoms with Crippen molar-refractivity contribution in [1.29, 1.82) is 0 Å². The zero-order chi connectivity index (χ0) is 39.3. The van der Waals surface area contributed by atoms with E-state index in [0.29, 0.717) is 49.9 Å². The zero-order valence-electron chi connectivity index (χ0n) is 30.8. The number of anilines is 2. The molecule has 292 valence electrons. The second-order valence-corrected chi connectivity index (χ2v) is 16.9. The third-order valence-corrected chi connectivity index (χ3v) is 13.5. The first-order chi connectivity index (χ1) is 26.9. The van der Waals surface area contributed by atoms with Crippen LogP contribution < -0.4 is 15.1 Å². The van der Waals surface area contributed by atoms with Crippen LogP contribution >= 0.6 is 11.6 Å². The molecule has 4 aliphatic heterocycles. The topological polar surface area (TPSA) is 176 Å². The fourth-order valence-corrected chi connectivity index (χ4v) is 9.88. The first-order valence-electron chi connectivity index (χ1n) is 18.8. The molecule has 8 rings (SSSR count). The molecule has 4 aliphatic rings. The lowest BCUT2D eigenvalue weighted by atomic mass is 10.0. The number of fused-ring (bicyclic) bond motifs is 2. The fourth-order valence-electron chi connectivity index (χ4n) is 8.09. The molecule has 5 amide bonds. The highest BCUT2D eigenvalue weighted by atomic mass is 35.5. The van der Waals surface area contributed by atoms with Gasteiger partial charge in [0.15, 0.2) is 0 Å². The number of H-pyrrole nitrogens is 1. The van der Waals surface area contributed by atoms with E-state index >= 15 is 0 Å². The minimum Gasteiger partial charge on any atom is -0.369 e. The number of aryl methyl sites for hydroxylation is 1.